The van der Waals surface area contributed by atoms with E-state index in [4.69, 9.17) is 9.72 Å². The van der Waals surface area contributed by atoms with Gasteiger partial charge in [-0.2, -0.15) is 4.98 Å². The lowest BCUT2D eigenvalue weighted by Crippen LogP contribution is -2.36. The number of thiazole rings is 1. The summed E-state index contributed by atoms with van der Waals surface area (Å²) in [7, 11) is 0. The van der Waals surface area contributed by atoms with Crippen LogP contribution in [-0.2, 0) is 11.3 Å². The summed E-state index contributed by atoms with van der Waals surface area (Å²) in [5.41, 5.74) is 1.67. The van der Waals surface area contributed by atoms with Crippen molar-refractivity contribution in [3.05, 3.63) is 64.7 Å². The molecule has 0 amide bonds. The zero-order valence-electron chi connectivity index (χ0n) is 14.7. The van der Waals surface area contributed by atoms with Crippen molar-refractivity contribution in [1.82, 2.24) is 14.5 Å². The Balaban J connectivity index is 1.59. The summed E-state index contributed by atoms with van der Waals surface area (Å²) in [4.78, 5) is 23.3. The molecule has 3 heterocycles. The van der Waals surface area contributed by atoms with Gasteiger partial charge in [-0.05, 0) is 16.3 Å². The van der Waals surface area contributed by atoms with Crippen molar-refractivity contribution in [2.45, 2.75) is 6.54 Å². The van der Waals surface area contributed by atoms with Crippen molar-refractivity contribution >= 4 is 37.6 Å². The molecule has 1 saturated heterocycles. The van der Waals surface area contributed by atoms with Crippen LogP contribution in [0.3, 0.4) is 0 Å². The van der Waals surface area contributed by atoms with Gasteiger partial charge in [0.25, 0.3) is 5.56 Å². The molecule has 7 heteroatoms. The maximum atomic E-state index is 12.3. The number of rotatable bonds is 3. The highest BCUT2D eigenvalue weighted by Crippen LogP contribution is 2.28. The van der Waals surface area contributed by atoms with Crippen molar-refractivity contribution in [1.29, 1.82) is 0 Å². The maximum absolute atomic E-state index is 12.3. The third-order valence-corrected chi connectivity index (χ3v) is 5.97. The zero-order valence-corrected chi connectivity index (χ0v) is 15.5. The lowest BCUT2D eigenvalue weighted by molar-refractivity contribution is 0.122. The SMILES string of the molecule is O=c1ncn(Cc2cccc3ccccc23)c2nc(N3CCOCC3)sc12. The molecule has 1 fully saturated rings. The first-order valence-electron chi connectivity index (χ1n) is 8.95. The van der Waals surface area contributed by atoms with Crippen LogP contribution >= 0.6 is 11.3 Å². The van der Waals surface area contributed by atoms with Crippen molar-refractivity contribution in [3.63, 3.8) is 0 Å². The number of fused-ring (bicyclic) bond motifs is 2. The summed E-state index contributed by atoms with van der Waals surface area (Å²) in [6, 6.07) is 14.6. The van der Waals surface area contributed by atoms with E-state index in [9.17, 15) is 4.79 Å². The third-order valence-electron chi connectivity index (χ3n) is 4.88. The standard InChI is InChI=1S/C20H18N4O2S/c25-19-17-18(22-20(27-17)23-8-10-26-11-9-23)24(13-21-19)12-15-6-3-5-14-4-1-2-7-16(14)15/h1-7,13H,8-12H2. The second kappa shape index (κ2) is 6.75. The molecule has 0 unspecified atom stereocenters. The molecular weight excluding hydrogens is 360 g/mol. The van der Waals surface area contributed by atoms with Gasteiger partial charge < -0.3 is 14.2 Å². The fraction of sp³-hybridized carbons (Fsp3) is 0.250. The van der Waals surface area contributed by atoms with E-state index < -0.39 is 0 Å². The largest absolute Gasteiger partial charge is 0.378 e. The van der Waals surface area contributed by atoms with Crippen LogP contribution in [0.1, 0.15) is 5.56 Å². The third kappa shape index (κ3) is 2.98. The van der Waals surface area contributed by atoms with Crippen molar-refractivity contribution in [2.24, 2.45) is 0 Å². The normalized spacial score (nSPS) is 14.9. The van der Waals surface area contributed by atoms with Crippen molar-refractivity contribution < 1.29 is 4.74 Å². The summed E-state index contributed by atoms with van der Waals surface area (Å²) in [5, 5.41) is 3.27. The van der Waals surface area contributed by atoms with E-state index in [1.807, 2.05) is 16.7 Å². The molecule has 2 aromatic carbocycles. The molecule has 1 aliphatic heterocycles. The number of hydrogen-bond acceptors (Lipinski definition) is 6. The Morgan fingerprint density at radius 2 is 1.89 bits per heavy atom. The van der Waals surface area contributed by atoms with Gasteiger partial charge >= 0.3 is 0 Å². The number of morpholine rings is 1. The van der Waals surface area contributed by atoms with E-state index in [1.54, 1.807) is 6.33 Å². The number of hydrogen-bond donors (Lipinski definition) is 0. The highest BCUT2D eigenvalue weighted by molar-refractivity contribution is 7.22. The van der Waals surface area contributed by atoms with Gasteiger partial charge in [-0.15, -0.1) is 0 Å². The topological polar surface area (TPSA) is 60.2 Å². The van der Waals surface area contributed by atoms with Crippen LogP contribution in [0.25, 0.3) is 21.1 Å². The summed E-state index contributed by atoms with van der Waals surface area (Å²) < 4.78 is 8.00. The van der Waals surface area contributed by atoms with Crippen LogP contribution in [0.15, 0.2) is 53.6 Å². The molecule has 27 heavy (non-hydrogen) atoms. The molecule has 4 aromatic rings. The van der Waals surface area contributed by atoms with Crippen LogP contribution < -0.4 is 10.5 Å². The molecule has 6 nitrogen and oxygen atoms in total. The second-order valence-corrected chi connectivity index (χ2v) is 7.54. The second-order valence-electron chi connectivity index (χ2n) is 6.56. The van der Waals surface area contributed by atoms with Gasteiger partial charge in [0.2, 0.25) is 0 Å². The van der Waals surface area contributed by atoms with E-state index >= 15 is 0 Å². The smallest absolute Gasteiger partial charge is 0.292 e. The lowest BCUT2D eigenvalue weighted by Gasteiger charge is -2.25. The zero-order chi connectivity index (χ0) is 18.2. The Hall–Kier alpha value is -2.77. The molecule has 0 aliphatic carbocycles. The Bertz CT molecular complexity index is 1170. The molecule has 0 atom stereocenters. The Morgan fingerprint density at radius 3 is 2.78 bits per heavy atom. The Morgan fingerprint density at radius 1 is 1.07 bits per heavy atom. The number of benzene rings is 2. The minimum Gasteiger partial charge on any atom is -0.378 e. The first kappa shape index (κ1) is 16.4. The van der Waals surface area contributed by atoms with E-state index in [0.717, 1.165) is 18.2 Å². The molecule has 0 radical (unpaired) electrons. The minimum atomic E-state index is -0.212. The highest BCUT2D eigenvalue weighted by atomic mass is 32.1. The van der Waals surface area contributed by atoms with Crippen molar-refractivity contribution in [3.8, 4) is 0 Å². The molecule has 1 aliphatic rings. The van der Waals surface area contributed by atoms with Gasteiger partial charge in [0.05, 0.1) is 19.8 Å². The van der Waals surface area contributed by atoms with Gasteiger partial charge in [0.1, 0.15) is 11.0 Å². The Labute approximate surface area is 159 Å². The van der Waals surface area contributed by atoms with Gasteiger partial charge in [-0.25, -0.2) is 4.98 Å². The fourth-order valence-electron chi connectivity index (χ4n) is 3.49. The average Bonchev–Trinajstić information content (AvgIpc) is 3.18. The summed E-state index contributed by atoms with van der Waals surface area (Å²) in [6.45, 7) is 3.59. The molecule has 5 rings (SSSR count). The van der Waals surface area contributed by atoms with Gasteiger partial charge in [-0.3, -0.25) is 4.79 Å². The van der Waals surface area contributed by atoms with E-state index in [1.165, 1.54) is 27.7 Å². The van der Waals surface area contributed by atoms with Crippen LogP contribution in [0.2, 0.25) is 0 Å². The molecule has 136 valence electrons. The predicted octanol–water partition coefficient (Wildman–Crippen LogP) is 2.89. The van der Waals surface area contributed by atoms with Gasteiger partial charge in [-0.1, -0.05) is 53.8 Å². The van der Waals surface area contributed by atoms with Crippen LogP contribution in [-0.4, -0.2) is 40.8 Å². The number of anilines is 1. The molecular formula is C20H18N4O2S. The van der Waals surface area contributed by atoms with Crippen LogP contribution in [0.5, 0.6) is 0 Å². The van der Waals surface area contributed by atoms with E-state index in [-0.39, 0.29) is 5.56 Å². The molecule has 0 N–H and O–H groups in total. The van der Waals surface area contributed by atoms with E-state index in [2.05, 4.69) is 40.2 Å². The lowest BCUT2D eigenvalue weighted by atomic mass is 10.0. The first-order valence-corrected chi connectivity index (χ1v) is 9.76. The summed E-state index contributed by atoms with van der Waals surface area (Å²) in [5.74, 6) is 0. The van der Waals surface area contributed by atoms with Gasteiger partial charge in [0.15, 0.2) is 10.8 Å². The molecule has 0 spiro atoms. The Kier molecular flexibility index (Phi) is 4.10. The number of nitrogens with zero attached hydrogens (tertiary/aromatic N) is 4. The monoisotopic (exact) mass is 378 g/mol. The maximum Gasteiger partial charge on any atom is 0.292 e. The first-order chi connectivity index (χ1) is 13.3. The summed E-state index contributed by atoms with van der Waals surface area (Å²) in [6.07, 6.45) is 1.61. The predicted molar refractivity (Wildman–Crippen MR) is 108 cm³/mol. The fourth-order valence-corrected chi connectivity index (χ4v) is 4.51. The number of aromatic nitrogens is 3. The minimum absolute atomic E-state index is 0.212. The summed E-state index contributed by atoms with van der Waals surface area (Å²) >= 11 is 1.42. The highest BCUT2D eigenvalue weighted by Gasteiger charge is 2.18. The van der Waals surface area contributed by atoms with Crippen LogP contribution in [0.4, 0.5) is 5.13 Å². The molecule has 0 bridgehead atoms. The molecule has 0 saturated carbocycles. The van der Waals surface area contributed by atoms with Crippen molar-refractivity contribution in [2.75, 3.05) is 31.2 Å². The number of ether oxygens (including phenoxy) is 1. The average molecular weight is 378 g/mol. The van der Waals surface area contributed by atoms with Gasteiger partial charge in [0, 0.05) is 13.1 Å². The van der Waals surface area contributed by atoms with E-state index in [0.29, 0.717) is 30.1 Å². The quantitative estimate of drug-likeness (QED) is 0.549. The van der Waals surface area contributed by atoms with Crippen LogP contribution in [0, 0.1) is 0 Å². The molecule has 2 aromatic heterocycles.